The van der Waals surface area contributed by atoms with Crippen molar-refractivity contribution in [2.45, 2.75) is 12.5 Å². The second-order valence-electron chi connectivity index (χ2n) is 5.21. The first-order valence-corrected chi connectivity index (χ1v) is 7.46. The van der Waals surface area contributed by atoms with Gasteiger partial charge in [0.15, 0.2) is 6.10 Å². The molecule has 1 aliphatic rings. The average molecular weight is 328 g/mol. The Kier molecular flexibility index (Phi) is 4.09. The van der Waals surface area contributed by atoms with E-state index in [1.165, 1.54) is 4.90 Å². The van der Waals surface area contributed by atoms with Crippen molar-refractivity contribution in [2.75, 3.05) is 17.2 Å². The highest BCUT2D eigenvalue weighted by Crippen LogP contribution is 2.36. The Balaban J connectivity index is 1.95. The van der Waals surface area contributed by atoms with Crippen LogP contribution in [0.1, 0.15) is 5.56 Å². The minimum absolute atomic E-state index is 0.0435. The predicted octanol–water partition coefficient (Wildman–Crippen LogP) is 2.78. The largest absolute Gasteiger partial charge is 0.478 e. The highest BCUT2D eigenvalue weighted by molar-refractivity contribution is 6.31. The summed E-state index contributed by atoms with van der Waals surface area (Å²) in [7, 11) is 0. The van der Waals surface area contributed by atoms with Crippen molar-refractivity contribution in [3.63, 3.8) is 0 Å². The van der Waals surface area contributed by atoms with E-state index >= 15 is 0 Å². The van der Waals surface area contributed by atoms with E-state index in [0.717, 1.165) is 5.56 Å². The molecule has 0 fully saturated rings. The third kappa shape index (κ3) is 2.94. The monoisotopic (exact) mass is 327 g/mol. The maximum atomic E-state index is 12.7. The van der Waals surface area contributed by atoms with Crippen molar-refractivity contribution >= 4 is 28.9 Å². The molecule has 2 aromatic carbocycles. The number of nitriles is 1. The van der Waals surface area contributed by atoms with Gasteiger partial charge >= 0.3 is 0 Å². The molecule has 3 rings (SSSR count). The van der Waals surface area contributed by atoms with Crippen LogP contribution in [0.15, 0.2) is 42.5 Å². The van der Waals surface area contributed by atoms with Gasteiger partial charge in [0.2, 0.25) is 0 Å². The van der Waals surface area contributed by atoms with Gasteiger partial charge in [0.05, 0.1) is 11.8 Å². The molecule has 0 radical (unpaired) electrons. The number of nitrogens with zero attached hydrogens (tertiary/aromatic N) is 2. The molecule has 0 saturated heterocycles. The normalized spacial score (nSPS) is 16.4. The summed E-state index contributed by atoms with van der Waals surface area (Å²) in [5.74, 6) is 0.237. The fourth-order valence-electron chi connectivity index (χ4n) is 2.57. The first-order chi connectivity index (χ1) is 11.1. The molecular weight excluding hydrogens is 314 g/mol. The van der Waals surface area contributed by atoms with Gasteiger partial charge in [0, 0.05) is 23.2 Å². The van der Waals surface area contributed by atoms with E-state index in [0.29, 0.717) is 28.6 Å². The molecule has 6 heteroatoms. The zero-order valence-electron chi connectivity index (χ0n) is 12.2. The maximum Gasteiger partial charge on any atom is 0.269 e. The summed E-state index contributed by atoms with van der Waals surface area (Å²) < 4.78 is 5.82. The van der Waals surface area contributed by atoms with E-state index in [-0.39, 0.29) is 12.5 Å². The molecule has 1 aliphatic heterocycles. The van der Waals surface area contributed by atoms with E-state index in [1.807, 2.05) is 24.3 Å². The van der Waals surface area contributed by atoms with Gasteiger partial charge in [-0.25, -0.2) is 0 Å². The molecule has 1 atom stereocenters. The van der Waals surface area contributed by atoms with Crippen LogP contribution in [0, 0.1) is 11.3 Å². The van der Waals surface area contributed by atoms with Crippen LogP contribution in [-0.2, 0) is 11.2 Å². The third-order valence-electron chi connectivity index (χ3n) is 3.68. The number of carbonyl (C=O) groups excluding carboxylic acids is 1. The predicted molar refractivity (Wildman–Crippen MR) is 88.4 cm³/mol. The van der Waals surface area contributed by atoms with Crippen LogP contribution >= 0.6 is 11.6 Å². The number of nitrogens with two attached hydrogens (primary N) is 1. The summed E-state index contributed by atoms with van der Waals surface area (Å²) in [6.45, 7) is -0.0435. The Morgan fingerprint density at radius 3 is 2.83 bits per heavy atom. The summed E-state index contributed by atoms with van der Waals surface area (Å²) >= 11 is 6.16. The van der Waals surface area contributed by atoms with Gasteiger partial charge in [0.25, 0.3) is 5.91 Å². The summed E-state index contributed by atoms with van der Waals surface area (Å²) in [6.07, 6.45) is -0.410. The van der Waals surface area contributed by atoms with E-state index in [1.54, 1.807) is 24.3 Å². The van der Waals surface area contributed by atoms with Crippen LogP contribution in [0.25, 0.3) is 0 Å². The summed E-state index contributed by atoms with van der Waals surface area (Å²) in [5, 5.41) is 9.58. The molecule has 0 spiro atoms. The molecule has 2 N–H and O–H groups in total. The number of ether oxygens (including phenoxy) is 1. The maximum absolute atomic E-state index is 12.7. The van der Waals surface area contributed by atoms with Gasteiger partial charge in [-0.3, -0.25) is 9.69 Å². The van der Waals surface area contributed by atoms with E-state index in [2.05, 4.69) is 0 Å². The van der Waals surface area contributed by atoms with Crippen LogP contribution in [0.3, 0.4) is 0 Å². The lowest BCUT2D eigenvalue weighted by Crippen LogP contribution is -2.47. The second kappa shape index (κ2) is 6.19. The van der Waals surface area contributed by atoms with Crippen LogP contribution in [-0.4, -0.2) is 18.6 Å². The first-order valence-electron chi connectivity index (χ1n) is 7.08. The average Bonchev–Trinajstić information content (AvgIpc) is 2.53. The van der Waals surface area contributed by atoms with Crippen LogP contribution in [0.5, 0.6) is 5.75 Å². The molecular formula is C17H14ClN3O2. The topological polar surface area (TPSA) is 79.3 Å². The number of amides is 1. The summed E-state index contributed by atoms with van der Waals surface area (Å²) in [5.41, 5.74) is 7.70. The Morgan fingerprint density at radius 1 is 1.30 bits per heavy atom. The molecule has 5 nitrogen and oxygen atoms in total. The number of carbonyl (C=O) groups is 1. The molecule has 0 aromatic heterocycles. The molecule has 1 unspecified atom stereocenters. The molecule has 116 valence electrons. The third-order valence-corrected chi connectivity index (χ3v) is 4.05. The molecule has 23 heavy (non-hydrogen) atoms. The highest BCUT2D eigenvalue weighted by Gasteiger charge is 2.34. The molecule has 2 aromatic rings. The SMILES string of the molecule is N#CCN1C(=O)C(Cc2ccccc2Cl)Oc2cc(N)ccc21. The number of rotatable bonds is 3. The number of benzene rings is 2. The minimum atomic E-state index is -0.738. The Labute approximate surface area is 138 Å². The van der Waals surface area contributed by atoms with E-state index in [4.69, 9.17) is 27.3 Å². The number of hydrogen-bond donors (Lipinski definition) is 1. The van der Waals surface area contributed by atoms with Crippen molar-refractivity contribution < 1.29 is 9.53 Å². The first kappa shape index (κ1) is 15.2. The number of hydrogen-bond acceptors (Lipinski definition) is 4. The molecule has 1 amide bonds. The van der Waals surface area contributed by atoms with Gasteiger partial charge in [-0.1, -0.05) is 29.8 Å². The molecule has 0 saturated carbocycles. The zero-order chi connectivity index (χ0) is 16.4. The fraction of sp³-hybridized carbons (Fsp3) is 0.176. The standard InChI is InChI=1S/C17H14ClN3O2/c18-13-4-2-1-3-11(13)9-16-17(22)21(8-7-19)14-6-5-12(20)10-15(14)23-16/h1-6,10,16H,8-9,20H2. The van der Waals surface area contributed by atoms with Crippen molar-refractivity contribution in [1.82, 2.24) is 0 Å². The van der Waals surface area contributed by atoms with Gasteiger partial charge in [-0.05, 0) is 23.8 Å². The smallest absolute Gasteiger partial charge is 0.269 e. The summed E-state index contributed by atoms with van der Waals surface area (Å²) in [4.78, 5) is 14.1. The number of nitrogen functional groups attached to an aromatic ring is 1. The lowest BCUT2D eigenvalue weighted by molar-refractivity contribution is -0.126. The molecule has 0 aliphatic carbocycles. The van der Waals surface area contributed by atoms with Crippen LogP contribution in [0.2, 0.25) is 5.02 Å². The highest BCUT2D eigenvalue weighted by atomic mass is 35.5. The summed E-state index contributed by atoms with van der Waals surface area (Å²) in [6, 6.07) is 14.3. The Bertz CT molecular complexity index is 801. The Morgan fingerprint density at radius 2 is 2.09 bits per heavy atom. The second-order valence-corrected chi connectivity index (χ2v) is 5.62. The van der Waals surface area contributed by atoms with Crippen molar-refractivity contribution in [1.29, 1.82) is 5.26 Å². The number of fused-ring (bicyclic) bond motifs is 1. The lowest BCUT2D eigenvalue weighted by atomic mass is 10.0. The number of anilines is 2. The van der Waals surface area contributed by atoms with Crippen LogP contribution < -0.4 is 15.4 Å². The van der Waals surface area contributed by atoms with Gasteiger partial charge < -0.3 is 10.5 Å². The molecule has 0 bridgehead atoms. The van der Waals surface area contributed by atoms with Gasteiger partial charge in [-0.2, -0.15) is 5.26 Å². The quantitative estimate of drug-likeness (QED) is 0.694. The van der Waals surface area contributed by atoms with Crippen molar-refractivity contribution in [2.24, 2.45) is 0 Å². The molecule has 1 heterocycles. The Hall–Kier alpha value is -2.71. The van der Waals surface area contributed by atoms with E-state index < -0.39 is 6.10 Å². The zero-order valence-corrected chi connectivity index (χ0v) is 13.0. The number of halogens is 1. The fourth-order valence-corrected chi connectivity index (χ4v) is 2.78. The van der Waals surface area contributed by atoms with E-state index in [9.17, 15) is 4.79 Å². The van der Waals surface area contributed by atoms with Gasteiger partial charge in [-0.15, -0.1) is 0 Å². The van der Waals surface area contributed by atoms with Crippen molar-refractivity contribution in [3.05, 3.63) is 53.1 Å². The lowest BCUT2D eigenvalue weighted by Gasteiger charge is -2.33. The van der Waals surface area contributed by atoms with Crippen molar-refractivity contribution in [3.8, 4) is 11.8 Å². The minimum Gasteiger partial charge on any atom is -0.478 e. The van der Waals surface area contributed by atoms with Gasteiger partial charge in [0.1, 0.15) is 12.3 Å². The van der Waals surface area contributed by atoms with Crippen LogP contribution in [0.4, 0.5) is 11.4 Å².